The predicted molar refractivity (Wildman–Crippen MR) is 122 cm³/mol. The molecule has 164 valence electrons. The summed E-state index contributed by atoms with van der Waals surface area (Å²) in [6.45, 7) is 1.90. The number of anilines is 1. The molecule has 0 bridgehead atoms. The number of piperidine rings is 1. The Morgan fingerprint density at radius 3 is 2.66 bits per heavy atom. The molecule has 1 amide bonds. The normalized spacial score (nSPS) is 16.0. The quantitative estimate of drug-likeness (QED) is 0.448. The van der Waals surface area contributed by atoms with Crippen LogP contribution in [0, 0.1) is 0 Å². The highest BCUT2D eigenvalue weighted by atomic mass is 16.5. The Balaban J connectivity index is 1.40. The van der Waals surface area contributed by atoms with Gasteiger partial charge in [-0.25, -0.2) is 0 Å². The van der Waals surface area contributed by atoms with Gasteiger partial charge in [0.05, 0.1) is 36.2 Å². The first-order valence-electron chi connectivity index (χ1n) is 10.7. The summed E-state index contributed by atoms with van der Waals surface area (Å²) in [6.07, 6.45) is 1.78. The number of nitrogens with zero attached hydrogens (tertiary/aromatic N) is 2. The Morgan fingerprint density at radius 1 is 1.19 bits per heavy atom. The molecule has 5 rings (SSSR count). The van der Waals surface area contributed by atoms with Crippen LogP contribution < -0.4 is 15.8 Å². The van der Waals surface area contributed by atoms with Crippen LogP contribution in [0.1, 0.15) is 28.8 Å². The van der Waals surface area contributed by atoms with E-state index in [1.54, 1.807) is 13.2 Å². The number of aromatic amines is 1. The lowest BCUT2D eigenvalue weighted by atomic mass is 10.0. The maximum atomic E-state index is 13.4. The van der Waals surface area contributed by atoms with Crippen molar-refractivity contribution >= 4 is 17.4 Å². The number of carbonyl (C=O) groups is 2. The molecular formula is C24H25N5O3. The highest BCUT2D eigenvalue weighted by Gasteiger charge is 2.35. The summed E-state index contributed by atoms with van der Waals surface area (Å²) in [5.41, 5.74) is 10.3. The second kappa shape index (κ2) is 8.22. The predicted octanol–water partition coefficient (Wildman–Crippen LogP) is 2.66. The number of fused-ring (bicyclic) bond motifs is 3. The largest absolute Gasteiger partial charge is 0.497 e. The molecule has 0 atom stereocenters. The van der Waals surface area contributed by atoms with E-state index < -0.39 is 0 Å². The number of rotatable bonds is 5. The Bertz CT molecular complexity index is 1180. The van der Waals surface area contributed by atoms with Gasteiger partial charge in [0.25, 0.3) is 0 Å². The summed E-state index contributed by atoms with van der Waals surface area (Å²) in [6, 6.07) is 13.1. The lowest BCUT2D eigenvalue weighted by Gasteiger charge is -2.29. The van der Waals surface area contributed by atoms with Crippen molar-refractivity contribution in [2.75, 3.05) is 32.1 Å². The lowest BCUT2D eigenvalue weighted by molar-refractivity contribution is -0.117. The van der Waals surface area contributed by atoms with Gasteiger partial charge in [0.2, 0.25) is 5.91 Å². The Kier molecular flexibility index (Phi) is 5.24. The van der Waals surface area contributed by atoms with Gasteiger partial charge < -0.3 is 15.8 Å². The summed E-state index contributed by atoms with van der Waals surface area (Å²) < 4.78 is 5.22. The van der Waals surface area contributed by atoms with E-state index in [4.69, 9.17) is 10.5 Å². The fraction of sp³-hybridized carbons (Fsp3) is 0.292. The fourth-order valence-electron chi connectivity index (χ4n) is 4.45. The molecule has 8 heteroatoms. The molecule has 1 fully saturated rings. The van der Waals surface area contributed by atoms with Crippen molar-refractivity contribution in [3.63, 3.8) is 0 Å². The molecule has 0 spiro atoms. The van der Waals surface area contributed by atoms with E-state index in [0.717, 1.165) is 42.8 Å². The van der Waals surface area contributed by atoms with Crippen LogP contribution in [0.25, 0.3) is 22.5 Å². The van der Waals surface area contributed by atoms with Crippen molar-refractivity contribution in [1.82, 2.24) is 15.1 Å². The summed E-state index contributed by atoms with van der Waals surface area (Å²) in [7, 11) is 1.61. The van der Waals surface area contributed by atoms with Gasteiger partial charge >= 0.3 is 0 Å². The third-order valence-corrected chi connectivity index (χ3v) is 6.19. The number of ketones is 1. The molecule has 3 aromatic rings. The van der Waals surface area contributed by atoms with E-state index in [0.29, 0.717) is 28.2 Å². The van der Waals surface area contributed by atoms with E-state index in [9.17, 15) is 9.59 Å². The van der Waals surface area contributed by atoms with Crippen molar-refractivity contribution in [3.05, 3.63) is 53.6 Å². The number of aromatic nitrogens is 2. The molecule has 0 saturated carbocycles. The monoisotopic (exact) mass is 431 g/mol. The van der Waals surface area contributed by atoms with Crippen LogP contribution in [-0.4, -0.2) is 59.6 Å². The van der Waals surface area contributed by atoms with Crippen molar-refractivity contribution in [1.29, 1.82) is 0 Å². The van der Waals surface area contributed by atoms with Crippen molar-refractivity contribution < 1.29 is 14.3 Å². The van der Waals surface area contributed by atoms with Gasteiger partial charge in [-0.15, -0.1) is 0 Å². The number of ether oxygens (including phenoxy) is 1. The fourth-order valence-corrected chi connectivity index (χ4v) is 4.45. The topological polar surface area (TPSA) is 113 Å². The molecule has 0 radical (unpaired) electrons. The van der Waals surface area contributed by atoms with Gasteiger partial charge in [-0.1, -0.05) is 12.1 Å². The lowest BCUT2D eigenvalue weighted by Crippen LogP contribution is -2.43. The average Bonchev–Trinajstić information content (AvgIpc) is 3.36. The number of methoxy groups -OCH3 is 1. The van der Waals surface area contributed by atoms with Crippen LogP contribution in [0.5, 0.6) is 5.75 Å². The number of benzene rings is 2. The summed E-state index contributed by atoms with van der Waals surface area (Å²) in [5.74, 6) is 0.456. The zero-order chi connectivity index (χ0) is 22.2. The van der Waals surface area contributed by atoms with Gasteiger partial charge in [0.1, 0.15) is 11.4 Å². The standard InChI is InChI=1S/C24H25N5O3/c1-32-16-7-5-14(6-8-16)22-21-23(28-27-22)17-3-2-4-18(20(17)24(21)31)26-19(30)13-29-11-9-15(25)10-12-29/h2-8,15H,9-13,25H2,1H3,(H,26,30)(H,27,28). The SMILES string of the molecule is COc1ccc(-c2[nH]nc3c2C(=O)c2c(NC(=O)CN4CCC(N)CC4)cccc2-3)cc1. The molecule has 32 heavy (non-hydrogen) atoms. The number of likely N-dealkylation sites (tertiary alicyclic amines) is 1. The zero-order valence-electron chi connectivity index (χ0n) is 17.9. The number of H-pyrrole nitrogens is 1. The molecule has 8 nitrogen and oxygen atoms in total. The summed E-state index contributed by atoms with van der Waals surface area (Å²) in [5, 5.41) is 10.4. The van der Waals surface area contributed by atoms with Crippen molar-refractivity contribution in [2.24, 2.45) is 5.73 Å². The van der Waals surface area contributed by atoms with Crippen molar-refractivity contribution in [3.8, 4) is 28.3 Å². The smallest absolute Gasteiger partial charge is 0.238 e. The molecule has 2 heterocycles. The highest BCUT2D eigenvalue weighted by Crippen LogP contribution is 2.43. The summed E-state index contributed by atoms with van der Waals surface area (Å²) >= 11 is 0. The maximum Gasteiger partial charge on any atom is 0.238 e. The molecule has 1 aromatic heterocycles. The third-order valence-electron chi connectivity index (χ3n) is 6.19. The first-order chi connectivity index (χ1) is 15.5. The minimum Gasteiger partial charge on any atom is -0.497 e. The molecule has 1 aliphatic carbocycles. The van der Waals surface area contributed by atoms with Gasteiger partial charge in [-0.2, -0.15) is 5.10 Å². The van der Waals surface area contributed by atoms with Gasteiger partial charge in [0, 0.05) is 30.3 Å². The van der Waals surface area contributed by atoms with Crippen LogP contribution in [0.4, 0.5) is 5.69 Å². The molecule has 0 unspecified atom stereocenters. The number of amides is 1. The first-order valence-corrected chi connectivity index (χ1v) is 10.7. The molecule has 2 aliphatic rings. The summed E-state index contributed by atoms with van der Waals surface area (Å²) in [4.78, 5) is 28.2. The van der Waals surface area contributed by atoms with E-state index in [2.05, 4.69) is 20.4 Å². The minimum absolute atomic E-state index is 0.136. The van der Waals surface area contributed by atoms with Gasteiger partial charge in [-0.05, 0) is 43.2 Å². The van der Waals surface area contributed by atoms with Crippen LogP contribution >= 0.6 is 0 Å². The number of nitrogens with two attached hydrogens (primary N) is 1. The van der Waals surface area contributed by atoms with Crippen LogP contribution in [0.2, 0.25) is 0 Å². The van der Waals surface area contributed by atoms with Gasteiger partial charge in [-0.3, -0.25) is 19.6 Å². The number of carbonyl (C=O) groups excluding carboxylic acids is 2. The van der Waals surface area contributed by atoms with Crippen LogP contribution in [0.3, 0.4) is 0 Å². The van der Waals surface area contributed by atoms with E-state index in [1.807, 2.05) is 36.4 Å². The van der Waals surface area contributed by atoms with Gasteiger partial charge in [0.15, 0.2) is 5.78 Å². The highest BCUT2D eigenvalue weighted by molar-refractivity contribution is 6.27. The Hall–Kier alpha value is -3.49. The molecule has 2 aromatic carbocycles. The van der Waals surface area contributed by atoms with E-state index >= 15 is 0 Å². The van der Waals surface area contributed by atoms with Crippen molar-refractivity contribution in [2.45, 2.75) is 18.9 Å². The zero-order valence-corrected chi connectivity index (χ0v) is 17.9. The minimum atomic E-state index is -0.144. The molecule has 1 aliphatic heterocycles. The second-order valence-corrected chi connectivity index (χ2v) is 8.27. The molecule has 4 N–H and O–H groups in total. The maximum absolute atomic E-state index is 13.4. The van der Waals surface area contributed by atoms with Crippen LogP contribution in [-0.2, 0) is 4.79 Å². The van der Waals surface area contributed by atoms with E-state index in [-0.39, 0.29) is 24.3 Å². The number of hydrogen-bond acceptors (Lipinski definition) is 6. The Morgan fingerprint density at radius 2 is 1.94 bits per heavy atom. The molecule has 1 saturated heterocycles. The number of nitrogens with one attached hydrogen (secondary N) is 2. The third kappa shape index (κ3) is 3.57. The number of hydrogen-bond donors (Lipinski definition) is 3. The van der Waals surface area contributed by atoms with Crippen LogP contribution in [0.15, 0.2) is 42.5 Å². The average molecular weight is 431 g/mol. The Labute approximate surface area is 185 Å². The van der Waals surface area contributed by atoms with E-state index in [1.165, 1.54) is 0 Å². The molecular weight excluding hydrogens is 406 g/mol. The first kappa shape index (κ1) is 20.4. The second-order valence-electron chi connectivity index (χ2n) is 8.27.